The summed E-state index contributed by atoms with van der Waals surface area (Å²) < 4.78 is 1.96. The number of rotatable bonds is 5. The standard InChI is InChI=1S/C14H26N6O.CH2O2/c1-5-19-11-15-16-13(19)10-18(4)14(21)12(2)20-8-6-17(3)7-9-20;2-1-3/h11-12H,5-10H2,1-4H3;1H,(H,2,3). The second kappa shape index (κ2) is 9.99. The number of hydrogen-bond acceptors (Lipinski definition) is 6. The second-order valence-corrected chi connectivity index (χ2v) is 5.85. The first-order chi connectivity index (χ1) is 11.4. The van der Waals surface area contributed by atoms with E-state index in [2.05, 4.69) is 27.0 Å². The molecule has 9 heteroatoms. The summed E-state index contributed by atoms with van der Waals surface area (Å²) in [6, 6.07) is -0.0818. The zero-order valence-electron chi connectivity index (χ0n) is 14.9. The molecule has 1 aliphatic rings. The van der Waals surface area contributed by atoms with Crippen LogP contribution >= 0.6 is 0 Å². The summed E-state index contributed by atoms with van der Waals surface area (Å²) in [6.07, 6.45) is 1.71. The van der Waals surface area contributed by atoms with Crippen molar-refractivity contribution in [2.45, 2.75) is 33.0 Å². The third kappa shape index (κ3) is 5.57. The van der Waals surface area contributed by atoms with Crippen LogP contribution in [0.4, 0.5) is 0 Å². The molecule has 2 heterocycles. The number of carbonyl (C=O) groups is 2. The minimum Gasteiger partial charge on any atom is -0.483 e. The highest BCUT2D eigenvalue weighted by Gasteiger charge is 2.27. The SMILES string of the molecule is CCn1cnnc1CN(C)C(=O)C(C)N1CCN(C)CC1.O=CO. The van der Waals surface area contributed by atoms with E-state index in [9.17, 15) is 4.79 Å². The molecular formula is C15H28N6O3. The Hall–Kier alpha value is -2.00. The number of piperazine rings is 1. The second-order valence-electron chi connectivity index (χ2n) is 5.85. The van der Waals surface area contributed by atoms with E-state index in [1.807, 2.05) is 25.5 Å². The maximum Gasteiger partial charge on any atom is 0.290 e. The molecule has 136 valence electrons. The van der Waals surface area contributed by atoms with Crippen LogP contribution in [0, 0.1) is 0 Å². The number of likely N-dealkylation sites (N-methyl/N-ethyl adjacent to an activating group) is 2. The molecule has 1 aliphatic heterocycles. The van der Waals surface area contributed by atoms with Gasteiger partial charge in [-0.25, -0.2) is 0 Å². The first-order valence-corrected chi connectivity index (χ1v) is 8.06. The summed E-state index contributed by atoms with van der Waals surface area (Å²) >= 11 is 0. The molecule has 0 saturated carbocycles. The smallest absolute Gasteiger partial charge is 0.290 e. The van der Waals surface area contributed by atoms with Crippen LogP contribution in [0.5, 0.6) is 0 Å². The summed E-state index contributed by atoms with van der Waals surface area (Å²) in [4.78, 5) is 27.2. The fraction of sp³-hybridized carbons (Fsp3) is 0.733. The lowest BCUT2D eigenvalue weighted by atomic mass is 10.2. The van der Waals surface area contributed by atoms with E-state index in [0.29, 0.717) is 6.54 Å². The normalized spacial score (nSPS) is 16.8. The molecule has 1 N–H and O–H groups in total. The minimum absolute atomic E-state index is 0.0818. The molecule has 0 aliphatic carbocycles. The number of hydrogen-bond donors (Lipinski definition) is 1. The molecule has 1 saturated heterocycles. The first kappa shape index (κ1) is 20.0. The van der Waals surface area contributed by atoms with Crippen LogP contribution in [-0.2, 0) is 22.7 Å². The number of aromatic nitrogens is 3. The lowest BCUT2D eigenvalue weighted by Gasteiger charge is -2.37. The fourth-order valence-corrected chi connectivity index (χ4v) is 2.64. The topological polar surface area (TPSA) is 94.8 Å². The van der Waals surface area contributed by atoms with Gasteiger partial charge < -0.3 is 19.5 Å². The predicted molar refractivity (Wildman–Crippen MR) is 89.4 cm³/mol. The monoisotopic (exact) mass is 340 g/mol. The van der Waals surface area contributed by atoms with Crippen LogP contribution < -0.4 is 0 Å². The summed E-state index contributed by atoms with van der Waals surface area (Å²) in [5, 5.41) is 14.9. The Balaban J connectivity index is 0.000000891. The average Bonchev–Trinajstić information content (AvgIpc) is 3.02. The van der Waals surface area contributed by atoms with Crippen molar-refractivity contribution in [3.63, 3.8) is 0 Å². The first-order valence-electron chi connectivity index (χ1n) is 8.06. The van der Waals surface area contributed by atoms with Gasteiger partial charge in [0.2, 0.25) is 5.91 Å². The lowest BCUT2D eigenvalue weighted by molar-refractivity contribution is -0.136. The van der Waals surface area contributed by atoms with Crippen LogP contribution in [0.15, 0.2) is 6.33 Å². The van der Waals surface area contributed by atoms with Crippen LogP contribution in [-0.4, -0.2) is 93.3 Å². The van der Waals surface area contributed by atoms with E-state index in [1.165, 1.54) is 0 Å². The van der Waals surface area contributed by atoms with Crippen molar-refractivity contribution in [2.75, 3.05) is 40.3 Å². The summed E-state index contributed by atoms with van der Waals surface area (Å²) in [5.74, 6) is 0.976. The fourth-order valence-electron chi connectivity index (χ4n) is 2.64. The lowest BCUT2D eigenvalue weighted by Crippen LogP contribution is -2.53. The quantitative estimate of drug-likeness (QED) is 0.728. The number of aryl methyl sites for hydroxylation is 1. The van der Waals surface area contributed by atoms with E-state index in [1.54, 1.807) is 11.2 Å². The Morgan fingerprint density at radius 1 is 1.42 bits per heavy atom. The predicted octanol–water partition coefficient (Wildman–Crippen LogP) is -0.407. The zero-order chi connectivity index (χ0) is 18.1. The molecule has 0 spiro atoms. The third-order valence-corrected chi connectivity index (χ3v) is 4.23. The Kier molecular flexibility index (Phi) is 8.34. The van der Waals surface area contributed by atoms with Crippen molar-refractivity contribution in [2.24, 2.45) is 0 Å². The van der Waals surface area contributed by atoms with Crippen molar-refractivity contribution in [3.8, 4) is 0 Å². The maximum absolute atomic E-state index is 12.6. The van der Waals surface area contributed by atoms with Gasteiger partial charge in [-0.15, -0.1) is 10.2 Å². The van der Waals surface area contributed by atoms with E-state index in [0.717, 1.165) is 38.5 Å². The van der Waals surface area contributed by atoms with Gasteiger partial charge >= 0.3 is 0 Å². The van der Waals surface area contributed by atoms with Gasteiger partial charge in [-0.2, -0.15) is 0 Å². The number of amides is 1. The van der Waals surface area contributed by atoms with E-state index in [4.69, 9.17) is 9.90 Å². The summed E-state index contributed by atoms with van der Waals surface area (Å²) in [5.41, 5.74) is 0. The van der Waals surface area contributed by atoms with Gasteiger partial charge in [-0.1, -0.05) is 0 Å². The number of carbonyl (C=O) groups excluding carboxylic acids is 1. The van der Waals surface area contributed by atoms with Gasteiger partial charge in [0.05, 0.1) is 12.6 Å². The van der Waals surface area contributed by atoms with Gasteiger partial charge in [0.1, 0.15) is 6.33 Å². The van der Waals surface area contributed by atoms with Crippen LogP contribution in [0.25, 0.3) is 0 Å². The summed E-state index contributed by atoms with van der Waals surface area (Å²) in [7, 11) is 3.96. The molecule has 24 heavy (non-hydrogen) atoms. The zero-order valence-corrected chi connectivity index (χ0v) is 14.9. The highest BCUT2D eigenvalue weighted by molar-refractivity contribution is 5.81. The Morgan fingerprint density at radius 2 is 2.00 bits per heavy atom. The molecule has 1 aromatic heterocycles. The molecule has 1 amide bonds. The van der Waals surface area contributed by atoms with Gasteiger partial charge in [-0.3, -0.25) is 14.5 Å². The Labute approximate surface area is 142 Å². The van der Waals surface area contributed by atoms with Crippen molar-refractivity contribution in [1.82, 2.24) is 29.5 Å². The van der Waals surface area contributed by atoms with Gasteiger partial charge in [0, 0.05) is 39.8 Å². The van der Waals surface area contributed by atoms with Crippen LogP contribution in [0.3, 0.4) is 0 Å². The van der Waals surface area contributed by atoms with Crippen molar-refractivity contribution < 1.29 is 14.7 Å². The molecule has 0 aromatic carbocycles. The third-order valence-electron chi connectivity index (χ3n) is 4.23. The van der Waals surface area contributed by atoms with E-state index >= 15 is 0 Å². The largest absolute Gasteiger partial charge is 0.483 e. The van der Waals surface area contributed by atoms with Crippen LogP contribution in [0.2, 0.25) is 0 Å². The molecule has 0 radical (unpaired) electrons. The molecule has 1 fully saturated rings. The molecule has 1 unspecified atom stereocenters. The van der Waals surface area contributed by atoms with Gasteiger partial charge in [0.15, 0.2) is 5.82 Å². The summed E-state index contributed by atoms with van der Waals surface area (Å²) in [6.45, 7) is 9.04. The van der Waals surface area contributed by atoms with Crippen LogP contribution in [0.1, 0.15) is 19.7 Å². The molecule has 2 rings (SSSR count). The highest BCUT2D eigenvalue weighted by Crippen LogP contribution is 2.09. The Morgan fingerprint density at radius 3 is 2.54 bits per heavy atom. The molecule has 1 atom stereocenters. The van der Waals surface area contributed by atoms with Gasteiger partial charge in [-0.05, 0) is 20.9 Å². The minimum atomic E-state index is -0.250. The van der Waals surface area contributed by atoms with Crippen molar-refractivity contribution in [3.05, 3.63) is 12.2 Å². The number of carboxylic acid groups (broad SMARTS) is 1. The highest BCUT2D eigenvalue weighted by atomic mass is 16.3. The van der Waals surface area contributed by atoms with Crippen molar-refractivity contribution >= 4 is 12.4 Å². The molecular weight excluding hydrogens is 312 g/mol. The van der Waals surface area contributed by atoms with E-state index in [-0.39, 0.29) is 18.4 Å². The number of nitrogens with zero attached hydrogens (tertiary/aromatic N) is 6. The maximum atomic E-state index is 12.6. The van der Waals surface area contributed by atoms with Crippen molar-refractivity contribution in [1.29, 1.82) is 0 Å². The van der Waals surface area contributed by atoms with E-state index < -0.39 is 0 Å². The molecule has 9 nitrogen and oxygen atoms in total. The molecule has 0 bridgehead atoms. The van der Waals surface area contributed by atoms with Gasteiger partial charge in [0.25, 0.3) is 6.47 Å². The Bertz CT molecular complexity index is 513. The average molecular weight is 340 g/mol. The molecule has 1 aromatic rings.